The maximum Gasteiger partial charge on any atom is 0.171 e. The van der Waals surface area contributed by atoms with Crippen molar-refractivity contribution in [3.63, 3.8) is 0 Å². The van der Waals surface area contributed by atoms with Gasteiger partial charge in [0.25, 0.3) is 0 Å². The summed E-state index contributed by atoms with van der Waals surface area (Å²) in [7, 11) is 1.86. The topological polar surface area (TPSA) is 47.8 Å². The zero-order valence-corrected chi connectivity index (χ0v) is 11.0. The van der Waals surface area contributed by atoms with E-state index in [-0.39, 0.29) is 0 Å². The van der Waals surface area contributed by atoms with Crippen molar-refractivity contribution in [3.05, 3.63) is 48.4 Å². The smallest absolute Gasteiger partial charge is 0.171 e. The van der Waals surface area contributed by atoms with Crippen LogP contribution in [-0.2, 0) is 13.5 Å². The van der Waals surface area contributed by atoms with E-state index < -0.39 is 0 Å². The fourth-order valence-corrected chi connectivity index (χ4v) is 2.15. The first-order valence-electron chi connectivity index (χ1n) is 6.31. The van der Waals surface area contributed by atoms with E-state index >= 15 is 0 Å². The van der Waals surface area contributed by atoms with Crippen molar-refractivity contribution in [2.45, 2.75) is 19.3 Å². The zero-order valence-electron chi connectivity index (χ0n) is 11.0. The molecular formula is C15H17N3O. The van der Waals surface area contributed by atoms with Gasteiger partial charge < -0.3 is 0 Å². The minimum atomic E-state index is 0.454. The van der Waals surface area contributed by atoms with Crippen LogP contribution < -0.4 is 0 Å². The van der Waals surface area contributed by atoms with Crippen molar-refractivity contribution in [2.24, 2.45) is 7.05 Å². The Morgan fingerprint density at radius 1 is 1.42 bits per heavy atom. The van der Waals surface area contributed by atoms with Gasteiger partial charge in [-0.3, -0.25) is 14.5 Å². The van der Waals surface area contributed by atoms with Gasteiger partial charge in [-0.05, 0) is 31.4 Å². The number of aryl methyl sites for hydroxylation is 1. The van der Waals surface area contributed by atoms with E-state index in [2.05, 4.69) is 16.7 Å². The highest BCUT2D eigenvalue weighted by molar-refractivity contribution is 5.85. The van der Waals surface area contributed by atoms with E-state index in [4.69, 9.17) is 0 Å². The third kappa shape index (κ3) is 2.78. The molecule has 4 heteroatoms. The van der Waals surface area contributed by atoms with Crippen LogP contribution in [0.3, 0.4) is 0 Å². The Bertz CT molecular complexity index is 573. The Balaban J connectivity index is 2.44. The van der Waals surface area contributed by atoms with Gasteiger partial charge in [0, 0.05) is 18.9 Å². The number of aromatic nitrogens is 3. The number of carbonyl (C=O) groups excluding carboxylic acids is 1. The van der Waals surface area contributed by atoms with Crippen LogP contribution >= 0.6 is 0 Å². The highest BCUT2D eigenvalue weighted by atomic mass is 16.1. The molecule has 0 aliphatic rings. The maximum atomic E-state index is 11.2. The van der Waals surface area contributed by atoms with Crippen LogP contribution in [-0.4, -0.2) is 21.1 Å². The van der Waals surface area contributed by atoms with Crippen molar-refractivity contribution in [1.29, 1.82) is 0 Å². The molecule has 0 amide bonds. The summed E-state index contributed by atoms with van der Waals surface area (Å²) in [6, 6.07) is 5.68. The number of allylic oxidation sites excluding steroid dienone is 1. The first-order chi connectivity index (χ1) is 9.27. The molecule has 2 aromatic rings. The summed E-state index contributed by atoms with van der Waals surface area (Å²) < 4.78 is 1.77. The van der Waals surface area contributed by atoms with Gasteiger partial charge in [0.15, 0.2) is 6.29 Å². The standard InChI is InChI=1S/C15H17N3O/c1-3-4-5-9-14-15(12-8-6-7-10-16-12)13(11-19)17-18(14)2/h3,6-8,10-11H,1,4-5,9H2,2H3. The highest BCUT2D eigenvalue weighted by Gasteiger charge is 2.17. The molecule has 0 fully saturated rings. The van der Waals surface area contributed by atoms with Gasteiger partial charge in [-0.25, -0.2) is 0 Å². The van der Waals surface area contributed by atoms with Gasteiger partial charge in [-0.15, -0.1) is 6.58 Å². The molecule has 2 heterocycles. The molecule has 19 heavy (non-hydrogen) atoms. The second-order valence-electron chi connectivity index (χ2n) is 4.34. The predicted octanol–water partition coefficient (Wildman–Crippen LogP) is 2.80. The third-order valence-corrected chi connectivity index (χ3v) is 3.05. The average Bonchev–Trinajstić information content (AvgIpc) is 2.77. The quantitative estimate of drug-likeness (QED) is 0.453. The van der Waals surface area contributed by atoms with Crippen LogP contribution in [0.25, 0.3) is 11.3 Å². The molecule has 2 rings (SSSR count). The Morgan fingerprint density at radius 2 is 2.26 bits per heavy atom. The third-order valence-electron chi connectivity index (χ3n) is 3.05. The van der Waals surface area contributed by atoms with Crippen LogP contribution in [0, 0.1) is 0 Å². The molecule has 0 unspecified atom stereocenters. The van der Waals surface area contributed by atoms with Crippen molar-refractivity contribution >= 4 is 6.29 Å². The van der Waals surface area contributed by atoms with Gasteiger partial charge in [-0.1, -0.05) is 12.1 Å². The number of unbranched alkanes of at least 4 members (excludes halogenated alkanes) is 1. The lowest BCUT2D eigenvalue weighted by Gasteiger charge is -2.05. The Labute approximate surface area is 112 Å². The number of nitrogens with zero attached hydrogens (tertiary/aromatic N) is 3. The number of hydrogen-bond acceptors (Lipinski definition) is 3. The number of aldehydes is 1. The fourth-order valence-electron chi connectivity index (χ4n) is 2.15. The molecular weight excluding hydrogens is 238 g/mol. The molecule has 0 radical (unpaired) electrons. The van der Waals surface area contributed by atoms with E-state index in [1.165, 1.54) is 0 Å². The minimum Gasteiger partial charge on any atom is -0.296 e. The number of pyridine rings is 1. The average molecular weight is 255 g/mol. The molecule has 0 N–H and O–H groups in total. The molecule has 0 saturated carbocycles. The first-order valence-corrected chi connectivity index (χ1v) is 6.31. The molecule has 0 saturated heterocycles. The largest absolute Gasteiger partial charge is 0.296 e. The van der Waals surface area contributed by atoms with Gasteiger partial charge in [0.05, 0.1) is 11.3 Å². The maximum absolute atomic E-state index is 11.2. The van der Waals surface area contributed by atoms with Crippen molar-refractivity contribution < 1.29 is 4.79 Å². The first kappa shape index (κ1) is 13.2. The van der Waals surface area contributed by atoms with Gasteiger partial charge in [-0.2, -0.15) is 5.10 Å². The molecule has 98 valence electrons. The van der Waals surface area contributed by atoms with E-state index in [0.29, 0.717) is 5.69 Å². The Morgan fingerprint density at radius 3 is 2.89 bits per heavy atom. The molecule has 0 atom stereocenters. The summed E-state index contributed by atoms with van der Waals surface area (Å²) >= 11 is 0. The number of hydrogen-bond donors (Lipinski definition) is 0. The highest BCUT2D eigenvalue weighted by Crippen LogP contribution is 2.26. The van der Waals surface area contributed by atoms with Crippen LogP contribution in [0.15, 0.2) is 37.1 Å². The zero-order chi connectivity index (χ0) is 13.7. The second kappa shape index (κ2) is 6.09. The molecule has 4 nitrogen and oxygen atoms in total. The van der Waals surface area contributed by atoms with E-state index in [1.54, 1.807) is 10.9 Å². The van der Waals surface area contributed by atoms with E-state index in [9.17, 15) is 4.79 Å². The van der Waals surface area contributed by atoms with Gasteiger partial charge >= 0.3 is 0 Å². The van der Waals surface area contributed by atoms with Gasteiger partial charge in [0.2, 0.25) is 0 Å². The Kier molecular flexibility index (Phi) is 4.23. The lowest BCUT2D eigenvalue weighted by molar-refractivity contribution is 0.111. The van der Waals surface area contributed by atoms with Crippen LogP contribution in [0.4, 0.5) is 0 Å². The number of carbonyl (C=O) groups is 1. The van der Waals surface area contributed by atoms with Crippen molar-refractivity contribution in [3.8, 4) is 11.3 Å². The van der Waals surface area contributed by atoms with E-state index in [1.807, 2.05) is 31.3 Å². The Hall–Kier alpha value is -2.23. The summed E-state index contributed by atoms with van der Waals surface area (Å²) in [6.45, 7) is 3.73. The number of rotatable bonds is 6. The van der Waals surface area contributed by atoms with Crippen LogP contribution in [0.1, 0.15) is 29.0 Å². The molecule has 2 aromatic heterocycles. The fraction of sp³-hybridized carbons (Fsp3) is 0.267. The lowest BCUT2D eigenvalue weighted by atomic mass is 10.0. The van der Waals surface area contributed by atoms with Crippen molar-refractivity contribution in [2.75, 3.05) is 0 Å². The molecule has 0 aliphatic heterocycles. The van der Waals surface area contributed by atoms with E-state index in [0.717, 1.165) is 42.5 Å². The summed E-state index contributed by atoms with van der Waals surface area (Å²) in [6.07, 6.45) is 7.21. The molecule has 0 spiro atoms. The lowest BCUT2D eigenvalue weighted by Crippen LogP contribution is -1.99. The van der Waals surface area contributed by atoms with Crippen LogP contribution in [0.5, 0.6) is 0 Å². The minimum absolute atomic E-state index is 0.454. The summed E-state index contributed by atoms with van der Waals surface area (Å²) in [5.74, 6) is 0. The van der Waals surface area contributed by atoms with Gasteiger partial charge in [0.1, 0.15) is 5.69 Å². The normalized spacial score (nSPS) is 10.4. The van der Waals surface area contributed by atoms with Crippen LogP contribution in [0.2, 0.25) is 0 Å². The monoisotopic (exact) mass is 255 g/mol. The molecule has 0 aromatic carbocycles. The SMILES string of the molecule is C=CCCCc1c(-c2ccccn2)c(C=O)nn1C. The summed E-state index contributed by atoms with van der Waals surface area (Å²) in [5, 5.41) is 4.27. The summed E-state index contributed by atoms with van der Waals surface area (Å²) in [4.78, 5) is 15.5. The molecule has 0 bridgehead atoms. The van der Waals surface area contributed by atoms with Crippen molar-refractivity contribution in [1.82, 2.24) is 14.8 Å². The predicted molar refractivity (Wildman–Crippen MR) is 75.0 cm³/mol. The molecule has 0 aliphatic carbocycles. The second-order valence-corrected chi connectivity index (χ2v) is 4.34. The summed E-state index contributed by atoms with van der Waals surface area (Å²) in [5.41, 5.74) is 3.14.